The molecule has 0 aliphatic heterocycles. The van der Waals surface area contributed by atoms with Gasteiger partial charge < -0.3 is 0 Å². The molecular weight excluding hydrogens is 155 g/mol. The Labute approximate surface area is 64.1 Å². The van der Waals surface area contributed by atoms with Gasteiger partial charge in [0, 0.05) is 21.9 Å². The summed E-state index contributed by atoms with van der Waals surface area (Å²) in [5.74, 6) is 0.897. The van der Waals surface area contributed by atoms with Crippen molar-refractivity contribution in [3.8, 4) is 0 Å². The number of rotatable bonds is 0. The van der Waals surface area contributed by atoms with Crippen LogP contribution in [-0.4, -0.2) is 0 Å². The number of halogens is 2. The van der Waals surface area contributed by atoms with Crippen LogP contribution in [0.4, 0.5) is 0 Å². The average Bonchev–Trinajstić information content (AvgIpc) is 2.24. The summed E-state index contributed by atoms with van der Waals surface area (Å²) in [5, 5.41) is 1.95. The third kappa shape index (κ3) is 0.736. The number of fused-ring (bicyclic) bond motifs is 2. The Hall–Kier alpha value is 0.0600. The maximum Gasteiger partial charge on any atom is 0.0217 e. The maximum absolute atomic E-state index is 5.83. The van der Waals surface area contributed by atoms with Crippen LogP contribution in [0.25, 0.3) is 0 Å². The molecule has 0 aromatic rings. The third-order valence-corrected chi connectivity index (χ3v) is 2.75. The van der Waals surface area contributed by atoms with E-state index in [-0.39, 0.29) is 0 Å². The molecule has 0 radical (unpaired) electrons. The van der Waals surface area contributed by atoms with Gasteiger partial charge in [-0.05, 0) is 6.42 Å². The fraction of sp³-hybridized carbons (Fsp3) is 0.429. The highest BCUT2D eigenvalue weighted by Gasteiger charge is 2.31. The number of hydrogen-bond donors (Lipinski definition) is 0. The van der Waals surface area contributed by atoms with Crippen LogP contribution in [0.1, 0.15) is 6.42 Å². The molecule has 2 atom stereocenters. The van der Waals surface area contributed by atoms with Crippen LogP contribution >= 0.6 is 23.2 Å². The Balaban J connectivity index is 2.34. The second kappa shape index (κ2) is 1.77. The van der Waals surface area contributed by atoms with E-state index in [0.717, 1.165) is 16.5 Å². The second-order valence-electron chi connectivity index (χ2n) is 2.55. The number of hydrogen-bond acceptors (Lipinski definition) is 0. The van der Waals surface area contributed by atoms with E-state index in [1.54, 1.807) is 0 Å². The Morgan fingerprint density at radius 3 is 1.78 bits per heavy atom. The van der Waals surface area contributed by atoms with Gasteiger partial charge in [-0.25, -0.2) is 0 Å². The minimum absolute atomic E-state index is 0.448. The van der Waals surface area contributed by atoms with E-state index in [2.05, 4.69) is 12.2 Å². The molecule has 2 unspecified atom stereocenters. The highest BCUT2D eigenvalue weighted by atomic mass is 35.5. The summed E-state index contributed by atoms with van der Waals surface area (Å²) < 4.78 is 0. The van der Waals surface area contributed by atoms with Gasteiger partial charge in [0.1, 0.15) is 0 Å². The Kier molecular flexibility index (Phi) is 1.14. The van der Waals surface area contributed by atoms with Gasteiger partial charge in [0.2, 0.25) is 0 Å². The molecule has 0 spiro atoms. The molecule has 0 fully saturated rings. The Morgan fingerprint density at radius 2 is 1.56 bits per heavy atom. The fourth-order valence-corrected chi connectivity index (χ4v) is 2.03. The molecule has 0 nitrogen and oxygen atoms in total. The van der Waals surface area contributed by atoms with Crippen molar-refractivity contribution in [2.24, 2.45) is 11.8 Å². The molecule has 0 saturated heterocycles. The molecule has 2 rings (SSSR count). The average molecular weight is 161 g/mol. The molecule has 2 aliphatic carbocycles. The molecule has 2 aliphatic rings. The van der Waals surface area contributed by atoms with E-state index in [9.17, 15) is 0 Å². The van der Waals surface area contributed by atoms with Gasteiger partial charge in [0.15, 0.2) is 0 Å². The molecule has 2 bridgehead atoms. The monoisotopic (exact) mass is 160 g/mol. The molecule has 48 valence electrons. The molecule has 9 heavy (non-hydrogen) atoms. The lowest BCUT2D eigenvalue weighted by atomic mass is 10.2. The van der Waals surface area contributed by atoms with Crippen molar-refractivity contribution in [1.29, 1.82) is 0 Å². The highest BCUT2D eigenvalue weighted by Crippen LogP contribution is 2.45. The van der Waals surface area contributed by atoms with Crippen molar-refractivity contribution in [1.82, 2.24) is 0 Å². The smallest absolute Gasteiger partial charge is 0.0217 e. The first-order chi connectivity index (χ1) is 4.27. The molecule has 0 saturated carbocycles. The van der Waals surface area contributed by atoms with Gasteiger partial charge in [-0.2, -0.15) is 0 Å². The van der Waals surface area contributed by atoms with Crippen LogP contribution in [0.15, 0.2) is 22.2 Å². The molecule has 2 heteroatoms. The predicted molar refractivity (Wildman–Crippen MR) is 39.5 cm³/mol. The molecule has 0 aromatic carbocycles. The van der Waals surface area contributed by atoms with E-state index < -0.39 is 0 Å². The van der Waals surface area contributed by atoms with E-state index in [1.165, 1.54) is 0 Å². The maximum atomic E-state index is 5.83. The molecule has 0 amide bonds. The fourth-order valence-electron chi connectivity index (χ4n) is 1.43. The van der Waals surface area contributed by atoms with E-state index in [4.69, 9.17) is 23.2 Å². The zero-order valence-electron chi connectivity index (χ0n) is 4.77. The summed E-state index contributed by atoms with van der Waals surface area (Å²) in [6, 6.07) is 0. The Morgan fingerprint density at radius 1 is 1.11 bits per heavy atom. The standard InChI is InChI=1S/C7H6Cl2/c8-6-2-4-1-5(6)3-7(4)9/h2-5H,1H2. The molecule has 0 heterocycles. The SMILES string of the molecule is ClC1=CC2CC1C=C2Cl. The van der Waals surface area contributed by atoms with Crippen molar-refractivity contribution < 1.29 is 0 Å². The van der Waals surface area contributed by atoms with Crippen molar-refractivity contribution >= 4 is 23.2 Å². The van der Waals surface area contributed by atoms with Gasteiger partial charge in [-0.3, -0.25) is 0 Å². The lowest BCUT2D eigenvalue weighted by Gasteiger charge is -2.00. The molecular formula is C7H6Cl2. The van der Waals surface area contributed by atoms with Crippen molar-refractivity contribution in [3.63, 3.8) is 0 Å². The van der Waals surface area contributed by atoms with Crippen LogP contribution in [0.3, 0.4) is 0 Å². The van der Waals surface area contributed by atoms with Gasteiger partial charge in [0.25, 0.3) is 0 Å². The largest absolute Gasteiger partial charge is 0.0888 e. The van der Waals surface area contributed by atoms with Gasteiger partial charge >= 0.3 is 0 Å². The first-order valence-electron chi connectivity index (χ1n) is 3.02. The predicted octanol–water partition coefficient (Wildman–Crippen LogP) is 2.88. The van der Waals surface area contributed by atoms with Crippen LogP contribution in [-0.2, 0) is 0 Å². The minimum Gasteiger partial charge on any atom is -0.0888 e. The lowest BCUT2D eigenvalue weighted by molar-refractivity contribution is 0.722. The van der Waals surface area contributed by atoms with Gasteiger partial charge in [-0.15, -0.1) is 0 Å². The summed E-state index contributed by atoms with van der Waals surface area (Å²) >= 11 is 11.7. The van der Waals surface area contributed by atoms with Crippen molar-refractivity contribution in [2.75, 3.05) is 0 Å². The van der Waals surface area contributed by atoms with Crippen LogP contribution in [0.5, 0.6) is 0 Å². The minimum atomic E-state index is 0.448. The second-order valence-corrected chi connectivity index (χ2v) is 3.42. The topological polar surface area (TPSA) is 0 Å². The van der Waals surface area contributed by atoms with Crippen LogP contribution in [0, 0.1) is 11.8 Å². The third-order valence-electron chi connectivity index (χ3n) is 1.94. The van der Waals surface area contributed by atoms with Crippen molar-refractivity contribution in [2.45, 2.75) is 6.42 Å². The van der Waals surface area contributed by atoms with Crippen LogP contribution in [0.2, 0.25) is 0 Å². The first-order valence-corrected chi connectivity index (χ1v) is 3.77. The normalized spacial score (nSPS) is 38.9. The van der Waals surface area contributed by atoms with Gasteiger partial charge in [-0.1, -0.05) is 35.4 Å². The summed E-state index contributed by atoms with van der Waals surface area (Å²) in [6.45, 7) is 0. The highest BCUT2D eigenvalue weighted by molar-refractivity contribution is 6.33. The van der Waals surface area contributed by atoms with Crippen LogP contribution < -0.4 is 0 Å². The lowest BCUT2D eigenvalue weighted by Crippen LogP contribution is -1.85. The summed E-state index contributed by atoms with van der Waals surface area (Å²) in [6.07, 6.45) is 5.21. The Bertz CT molecular complexity index is 181. The van der Waals surface area contributed by atoms with E-state index in [0.29, 0.717) is 11.8 Å². The summed E-state index contributed by atoms with van der Waals surface area (Å²) in [4.78, 5) is 0. The number of allylic oxidation sites excluding steroid dienone is 4. The van der Waals surface area contributed by atoms with Gasteiger partial charge in [0.05, 0.1) is 0 Å². The van der Waals surface area contributed by atoms with E-state index >= 15 is 0 Å². The molecule has 0 N–H and O–H groups in total. The summed E-state index contributed by atoms with van der Waals surface area (Å²) in [5.41, 5.74) is 0. The molecule has 0 aromatic heterocycles. The quantitative estimate of drug-likeness (QED) is 0.512. The van der Waals surface area contributed by atoms with Crippen molar-refractivity contribution in [3.05, 3.63) is 22.2 Å². The summed E-state index contributed by atoms with van der Waals surface area (Å²) in [7, 11) is 0. The first kappa shape index (κ1) is 5.82. The van der Waals surface area contributed by atoms with E-state index in [1.807, 2.05) is 0 Å². The zero-order valence-corrected chi connectivity index (χ0v) is 6.28. The zero-order chi connectivity index (χ0) is 6.43.